The number of nitrogens with zero attached hydrogens (tertiary/aromatic N) is 2. The van der Waals surface area contributed by atoms with Gasteiger partial charge in [-0.15, -0.1) is 0 Å². The van der Waals surface area contributed by atoms with Crippen LogP contribution in [0.2, 0.25) is 0 Å². The van der Waals surface area contributed by atoms with Gasteiger partial charge in [0, 0.05) is 25.5 Å². The number of ether oxygens (including phenoxy) is 1. The van der Waals surface area contributed by atoms with Crippen molar-refractivity contribution in [3.05, 3.63) is 30.1 Å². The number of hydrogen-bond donors (Lipinski definition) is 1. The van der Waals surface area contributed by atoms with Crippen molar-refractivity contribution in [1.82, 2.24) is 9.88 Å². The van der Waals surface area contributed by atoms with Gasteiger partial charge in [-0.3, -0.25) is 9.78 Å². The molecule has 0 aliphatic carbocycles. The van der Waals surface area contributed by atoms with Crippen LogP contribution in [-0.4, -0.2) is 45.7 Å². The normalized spacial score (nSPS) is 17.6. The number of piperidine rings is 1. The van der Waals surface area contributed by atoms with Crippen LogP contribution in [0, 0.1) is 5.41 Å². The van der Waals surface area contributed by atoms with E-state index in [1.807, 2.05) is 26.8 Å². The number of rotatable bonds is 3. The minimum absolute atomic E-state index is 0.377. The number of amides is 1. The molecule has 2 rings (SSSR count). The standard InChI is InChI=1S/C17H24N2O4/c1-16(2,3)23-15(22)19-9-6-17(7-10-19,14(20)21)11-13-5-4-8-18-12-13/h4-5,8,12H,6-7,9-11H2,1-3H3,(H,20,21). The van der Waals surface area contributed by atoms with E-state index in [4.69, 9.17) is 4.74 Å². The average Bonchev–Trinajstić information content (AvgIpc) is 2.47. The highest BCUT2D eigenvalue weighted by atomic mass is 16.6. The quantitative estimate of drug-likeness (QED) is 0.926. The Kier molecular flexibility index (Phi) is 4.92. The minimum Gasteiger partial charge on any atom is -0.481 e. The summed E-state index contributed by atoms with van der Waals surface area (Å²) in [7, 11) is 0. The molecule has 2 heterocycles. The summed E-state index contributed by atoms with van der Waals surface area (Å²) < 4.78 is 5.35. The van der Waals surface area contributed by atoms with Gasteiger partial charge in [-0.1, -0.05) is 6.07 Å². The molecule has 1 N–H and O–H groups in total. The maximum absolute atomic E-state index is 12.1. The average molecular weight is 320 g/mol. The number of pyridine rings is 1. The van der Waals surface area contributed by atoms with Gasteiger partial charge in [0.05, 0.1) is 5.41 Å². The maximum atomic E-state index is 12.1. The van der Waals surface area contributed by atoms with Gasteiger partial charge >= 0.3 is 12.1 Å². The number of hydrogen-bond acceptors (Lipinski definition) is 4. The van der Waals surface area contributed by atoms with Gasteiger partial charge in [-0.2, -0.15) is 0 Å². The molecule has 23 heavy (non-hydrogen) atoms. The zero-order chi connectivity index (χ0) is 17.1. The molecule has 1 amide bonds. The summed E-state index contributed by atoms with van der Waals surface area (Å²) in [4.78, 5) is 29.6. The highest BCUT2D eigenvalue weighted by Crippen LogP contribution is 2.35. The van der Waals surface area contributed by atoms with Crippen molar-refractivity contribution < 1.29 is 19.4 Å². The molecule has 0 aromatic carbocycles. The van der Waals surface area contributed by atoms with Gasteiger partial charge in [-0.25, -0.2) is 4.79 Å². The van der Waals surface area contributed by atoms with Crippen molar-refractivity contribution in [2.45, 2.75) is 45.6 Å². The largest absolute Gasteiger partial charge is 0.481 e. The summed E-state index contributed by atoms with van der Waals surface area (Å²) in [5.41, 5.74) is -0.490. The number of aliphatic carboxylic acids is 1. The molecular weight excluding hydrogens is 296 g/mol. The van der Waals surface area contributed by atoms with E-state index >= 15 is 0 Å². The number of carboxylic acid groups (broad SMARTS) is 1. The van der Waals surface area contributed by atoms with E-state index in [9.17, 15) is 14.7 Å². The van der Waals surface area contributed by atoms with E-state index in [1.165, 1.54) is 0 Å². The predicted octanol–water partition coefficient (Wildman–Crippen LogP) is 2.73. The molecule has 6 nitrogen and oxygen atoms in total. The Morgan fingerprint density at radius 2 is 2.00 bits per heavy atom. The third kappa shape index (κ3) is 4.43. The van der Waals surface area contributed by atoms with Crippen LogP contribution in [0.5, 0.6) is 0 Å². The van der Waals surface area contributed by atoms with Crippen LogP contribution < -0.4 is 0 Å². The Bertz CT molecular complexity index is 558. The summed E-state index contributed by atoms with van der Waals surface area (Å²) >= 11 is 0. The molecule has 6 heteroatoms. The number of likely N-dealkylation sites (tertiary alicyclic amines) is 1. The first-order chi connectivity index (χ1) is 10.7. The Morgan fingerprint density at radius 1 is 1.35 bits per heavy atom. The highest BCUT2D eigenvalue weighted by Gasteiger charge is 2.43. The lowest BCUT2D eigenvalue weighted by Crippen LogP contribution is -2.48. The number of aromatic nitrogens is 1. The monoisotopic (exact) mass is 320 g/mol. The lowest BCUT2D eigenvalue weighted by molar-refractivity contribution is -0.152. The maximum Gasteiger partial charge on any atom is 0.410 e. The smallest absolute Gasteiger partial charge is 0.410 e. The van der Waals surface area contributed by atoms with E-state index in [1.54, 1.807) is 23.4 Å². The Morgan fingerprint density at radius 3 is 2.48 bits per heavy atom. The Labute approximate surface area is 136 Å². The van der Waals surface area contributed by atoms with Crippen LogP contribution in [0.25, 0.3) is 0 Å². The fourth-order valence-electron chi connectivity index (χ4n) is 2.80. The van der Waals surface area contributed by atoms with Crippen molar-refractivity contribution >= 4 is 12.1 Å². The third-order valence-electron chi connectivity index (χ3n) is 4.09. The third-order valence-corrected chi connectivity index (χ3v) is 4.09. The van der Waals surface area contributed by atoms with Gasteiger partial charge < -0.3 is 14.7 Å². The molecular formula is C17H24N2O4. The van der Waals surface area contributed by atoms with Gasteiger partial charge in [0.15, 0.2) is 0 Å². The van der Waals surface area contributed by atoms with Crippen LogP contribution in [-0.2, 0) is 16.0 Å². The molecule has 0 saturated carbocycles. The molecule has 1 aliphatic rings. The van der Waals surface area contributed by atoms with Gasteiger partial charge in [0.25, 0.3) is 0 Å². The minimum atomic E-state index is -0.846. The number of carboxylic acids is 1. The Hall–Kier alpha value is -2.11. The summed E-state index contributed by atoms with van der Waals surface area (Å²) in [5, 5.41) is 9.71. The molecule has 1 saturated heterocycles. The van der Waals surface area contributed by atoms with Crippen molar-refractivity contribution in [1.29, 1.82) is 0 Å². The fourth-order valence-corrected chi connectivity index (χ4v) is 2.80. The van der Waals surface area contributed by atoms with Crippen LogP contribution >= 0.6 is 0 Å². The first-order valence-electron chi connectivity index (χ1n) is 7.82. The van der Waals surface area contributed by atoms with E-state index in [-0.39, 0.29) is 6.09 Å². The lowest BCUT2D eigenvalue weighted by Gasteiger charge is -2.39. The Balaban J connectivity index is 2.03. The second-order valence-electron chi connectivity index (χ2n) is 7.09. The molecule has 0 bridgehead atoms. The number of carbonyl (C=O) groups is 2. The fraction of sp³-hybridized carbons (Fsp3) is 0.588. The SMILES string of the molecule is CC(C)(C)OC(=O)N1CCC(Cc2cccnc2)(C(=O)O)CC1. The first kappa shape index (κ1) is 17.2. The van der Waals surface area contributed by atoms with Crippen molar-refractivity contribution in [2.24, 2.45) is 5.41 Å². The van der Waals surface area contributed by atoms with E-state index in [2.05, 4.69) is 4.98 Å². The molecule has 126 valence electrons. The van der Waals surface area contributed by atoms with Crippen LogP contribution in [0.15, 0.2) is 24.5 Å². The van der Waals surface area contributed by atoms with E-state index in [0.717, 1.165) is 5.56 Å². The molecule has 1 aromatic heterocycles. The van der Waals surface area contributed by atoms with E-state index < -0.39 is 17.0 Å². The summed E-state index contributed by atoms with van der Waals surface area (Å²) in [6.45, 7) is 6.24. The van der Waals surface area contributed by atoms with Gasteiger partial charge in [-0.05, 0) is 51.7 Å². The van der Waals surface area contributed by atoms with Crippen molar-refractivity contribution in [3.63, 3.8) is 0 Å². The zero-order valence-electron chi connectivity index (χ0n) is 13.9. The van der Waals surface area contributed by atoms with Gasteiger partial charge in [0.2, 0.25) is 0 Å². The molecule has 1 aliphatic heterocycles. The van der Waals surface area contributed by atoms with Crippen molar-refractivity contribution in [3.8, 4) is 0 Å². The summed E-state index contributed by atoms with van der Waals surface area (Å²) in [5.74, 6) is -0.815. The van der Waals surface area contributed by atoms with Crippen LogP contribution in [0.4, 0.5) is 4.79 Å². The summed E-state index contributed by atoms with van der Waals surface area (Å²) in [6.07, 6.45) is 4.25. The lowest BCUT2D eigenvalue weighted by atomic mass is 9.74. The molecule has 1 aromatic rings. The number of carbonyl (C=O) groups excluding carboxylic acids is 1. The molecule has 0 unspecified atom stereocenters. The predicted molar refractivity (Wildman–Crippen MR) is 85.1 cm³/mol. The van der Waals surface area contributed by atoms with Crippen LogP contribution in [0.3, 0.4) is 0 Å². The molecule has 1 fully saturated rings. The zero-order valence-corrected chi connectivity index (χ0v) is 13.9. The highest BCUT2D eigenvalue weighted by molar-refractivity contribution is 5.76. The van der Waals surface area contributed by atoms with Gasteiger partial charge in [0.1, 0.15) is 5.60 Å². The van der Waals surface area contributed by atoms with Crippen LogP contribution in [0.1, 0.15) is 39.2 Å². The topological polar surface area (TPSA) is 79.7 Å². The summed E-state index contributed by atoms with van der Waals surface area (Å²) in [6, 6.07) is 3.69. The molecule has 0 atom stereocenters. The second-order valence-corrected chi connectivity index (χ2v) is 7.09. The first-order valence-corrected chi connectivity index (χ1v) is 7.82. The second kappa shape index (κ2) is 6.56. The molecule has 0 spiro atoms. The van der Waals surface area contributed by atoms with E-state index in [0.29, 0.717) is 32.4 Å². The molecule has 0 radical (unpaired) electrons. The van der Waals surface area contributed by atoms with Crippen molar-refractivity contribution in [2.75, 3.05) is 13.1 Å².